The average molecular weight is 334 g/mol. The van der Waals surface area contributed by atoms with Crippen molar-refractivity contribution in [3.63, 3.8) is 0 Å². The Kier molecular flexibility index (Phi) is 6.75. The van der Waals surface area contributed by atoms with Crippen molar-refractivity contribution < 1.29 is 9.47 Å². The zero-order valence-corrected chi connectivity index (χ0v) is 14.8. The molecule has 0 unspecified atom stereocenters. The molecule has 0 spiro atoms. The van der Waals surface area contributed by atoms with Crippen molar-refractivity contribution in [2.75, 3.05) is 27.7 Å². The summed E-state index contributed by atoms with van der Waals surface area (Å²) in [7, 11) is 5.85. The molecular formula is C19H24ClNO2. The number of rotatable bonds is 8. The Morgan fingerprint density at radius 3 is 2.30 bits per heavy atom. The second-order valence-corrected chi connectivity index (χ2v) is 6.24. The summed E-state index contributed by atoms with van der Waals surface area (Å²) in [4.78, 5) is 2.20. The lowest BCUT2D eigenvalue weighted by Gasteiger charge is -2.13. The molecule has 0 fully saturated rings. The highest BCUT2D eigenvalue weighted by Gasteiger charge is 2.07. The second-order valence-electron chi connectivity index (χ2n) is 5.81. The van der Waals surface area contributed by atoms with Crippen LogP contribution in [0.3, 0.4) is 0 Å². The molecule has 0 bridgehead atoms. The molecule has 0 atom stereocenters. The lowest BCUT2D eigenvalue weighted by Crippen LogP contribution is -2.13. The van der Waals surface area contributed by atoms with E-state index in [0.29, 0.717) is 6.61 Å². The lowest BCUT2D eigenvalue weighted by molar-refractivity contribution is 0.284. The van der Waals surface area contributed by atoms with Crippen LogP contribution in [0.5, 0.6) is 11.5 Å². The van der Waals surface area contributed by atoms with Gasteiger partial charge in [0.25, 0.3) is 0 Å². The number of nitrogens with zero attached hydrogens (tertiary/aromatic N) is 1. The topological polar surface area (TPSA) is 21.7 Å². The summed E-state index contributed by atoms with van der Waals surface area (Å²) in [5, 5.41) is 0.731. The molecule has 23 heavy (non-hydrogen) atoms. The van der Waals surface area contributed by atoms with Crippen LogP contribution in [0, 0.1) is 0 Å². The van der Waals surface area contributed by atoms with E-state index in [9.17, 15) is 0 Å². The predicted molar refractivity (Wildman–Crippen MR) is 95.7 cm³/mol. The molecule has 2 aromatic carbocycles. The maximum absolute atomic E-state index is 5.94. The van der Waals surface area contributed by atoms with Gasteiger partial charge >= 0.3 is 0 Å². The molecule has 0 amide bonds. The molecule has 0 radical (unpaired) electrons. The number of ether oxygens (including phenoxy) is 2. The quantitative estimate of drug-likeness (QED) is 0.713. The summed E-state index contributed by atoms with van der Waals surface area (Å²) in [6.07, 6.45) is 2.15. The Morgan fingerprint density at radius 2 is 1.65 bits per heavy atom. The SMILES string of the molecule is COc1ccc(CCCN(C)C)cc1OCc1ccc(Cl)cc1. The summed E-state index contributed by atoms with van der Waals surface area (Å²) in [6, 6.07) is 13.8. The van der Waals surface area contributed by atoms with Gasteiger partial charge in [-0.25, -0.2) is 0 Å². The Morgan fingerprint density at radius 1 is 0.957 bits per heavy atom. The van der Waals surface area contributed by atoms with Gasteiger partial charge in [-0.3, -0.25) is 0 Å². The van der Waals surface area contributed by atoms with Crippen LogP contribution < -0.4 is 9.47 Å². The summed E-state index contributed by atoms with van der Waals surface area (Å²) in [5.41, 5.74) is 2.34. The molecule has 0 aliphatic heterocycles. The minimum absolute atomic E-state index is 0.495. The first kappa shape index (κ1) is 17.6. The van der Waals surface area contributed by atoms with Gasteiger partial charge in [-0.05, 0) is 68.9 Å². The van der Waals surface area contributed by atoms with E-state index in [2.05, 4.69) is 31.1 Å². The molecule has 0 N–H and O–H groups in total. The fourth-order valence-electron chi connectivity index (χ4n) is 2.33. The van der Waals surface area contributed by atoms with E-state index in [1.54, 1.807) is 7.11 Å². The van der Waals surface area contributed by atoms with Crippen molar-refractivity contribution in [2.45, 2.75) is 19.4 Å². The van der Waals surface area contributed by atoms with Crippen LogP contribution >= 0.6 is 11.6 Å². The monoisotopic (exact) mass is 333 g/mol. The highest BCUT2D eigenvalue weighted by Crippen LogP contribution is 2.29. The fraction of sp³-hybridized carbons (Fsp3) is 0.368. The van der Waals surface area contributed by atoms with Gasteiger partial charge in [0.1, 0.15) is 6.61 Å². The molecule has 0 saturated heterocycles. The molecule has 124 valence electrons. The van der Waals surface area contributed by atoms with E-state index in [1.165, 1.54) is 5.56 Å². The van der Waals surface area contributed by atoms with Crippen LogP contribution in [0.15, 0.2) is 42.5 Å². The zero-order chi connectivity index (χ0) is 16.7. The van der Waals surface area contributed by atoms with Crippen molar-refractivity contribution in [2.24, 2.45) is 0 Å². The fourth-order valence-corrected chi connectivity index (χ4v) is 2.46. The van der Waals surface area contributed by atoms with Gasteiger partial charge in [0, 0.05) is 5.02 Å². The lowest BCUT2D eigenvalue weighted by atomic mass is 10.1. The van der Waals surface area contributed by atoms with E-state index < -0.39 is 0 Å². The van der Waals surface area contributed by atoms with Crippen molar-refractivity contribution in [1.82, 2.24) is 4.90 Å². The average Bonchev–Trinajstić information content (AvgIpc) is 2.54. The maximum Gasteiger partial charge on any atom is 0.161 e. The van der Waals surface area contributed by atoms with E-state index in [0.717, 1.165) is 41.5 Å². The molecule has 0 heterocycles. The zero-order valence-electron chi connectivity index (χ0n) is 14.0. The van der Waals surface area contributed by atoms with Gasteiger partial charge in [0.05, 0.1) is 7.11 Å². The van der Waals surface area contributed by atoms with Crippen molar-refractivity contribution in [3.05, 3.63) is 58.6 Å². The maximum atomic E-state index is 5.94. The number of halogens is 1. The molecule has 0 aromatic heterocycles. The number of hydrogen-bond acceptors (Lipinski definition) is 3. The molecule has 2 aromatic rings. The summed E-state index contributed by atoms with van der Waals surface area (Å²) >= 11 is 5.90. The van der Waals surface area contributed by atoms with Crippen LogP contribution in [0.4, 0.5) is 0 Å². The minimum Gasteiger partial charge on any atom is -0.493 e. The summed E-state index contributed by atoms with van der Waals surface area (Å²) < 4.78 is 11.3. The van der Waals surface area contributed by atoms with E-state index in [1.807, 2.05) is 30.3 Å². The Labute approximate surface area is 143 Å². The number of aryl methyl sites for hydroxylation is 1. The Bertz CT molecular complexity index is 611. The number of hydrogen-bond donors (Lipinski definition) is 0. The van der Waals surface area contributed by atoms with Gasteiger partial charge in [0.2, 0.25) is 0 Å². The first-order valence-electron chi connectivity index (χ1n) is 7.77. The molecule has 3 nitrogen and oxygen atoms in total. The van der Waals surface area contributed by atoms with Crippen LogP contribution in [-0.2, 0) is 13.0 Å². The van der Waals surface area contributed by atoms with Gasteiger partial charge in [-0.2, -0.15) is 0 Å². The molecule has 0 aliphatic rings. The largest absolute Gasteiger partial charge is 0.493 e. The summed E-state index contributed by atoms with van der Waals surface area (Å²) in [6.45, 7) is 1.57. The van der Waals surface area contributed by atoms with E-state index in [4.69, 9.17) is 21.1 Å². The van der Waals surface area contributed by atoms with E-state index in [-0.39, 0.29) is 0 Å². The van der Waals surface area contributed by atoms with Gasteiger partial charge in [-0.15, -0.1) is 0 Å². The molecule has 2 rings (SSSR count). The third-order valence-electron chi connectivity index (χ3n) is 3.61. The molecule has 0 saturated carbocycles. The number of benzene rings is 2. The highest BCUT2D eigenvalue weighted by atomic mass is 35.5. The standard InChI is InChI=1S/C19H24ClNO2/c1-21(2)12-4-5-15-8-11-18(22-3)19(13-15)23-14-16-6-9-17(20)10-7-16/h6-11,13H,4-5,12,14H2,1-3H3. The van der Waals surface area contributed by atoms with Gasteiger partial charge in [0.15, 0.2) is 11.5 Å². The van der Waals surface area contributed by atoms with Crippen molar-refractivity contribution >= 4 is 11.6 Å². The van der Waals surface area contributed by atoms with Gasteiger partial charge in [-0.1, -0.05) is 29.8 Å². The van der Waals surface area contributed by atoms with Crippen LogP contribution in [0.2, 0.25) is 5.02 Å². The second kappa shape index (κ2) is 8.80. The third-order valence-corrected chi connectivity index (χ3v) is 3.86. The van der Waals surface area contributed by atoms with Crippen LogP contribution in [0.25, 0.3) is 0 Å². The smallest absolute Gasteiger partial charge is 0.161 e. The third kappa shape index (κ3) is 5.77. The van der Waals surface area contributed by atoms with Crippen LogP contribution in [-0.4, -0.2) is 32.6 Å². The van der Waals surface area contributed by atoms with Gasteiger partial charge < -0.3 is 14.4 Å². The Hall–Kier alpha value is -1.71. The molecule has 0 aliphatic carbocycles. The number of methoxy groups -OCH3 is 1. The van der Waals surface area contributed by atoms with Crippen molar-refractivity contribution in [3.8, 4) is 11.5 Å². The highest BCUT2D eigenvalue weighted by molar-refractivity contribution is 6.30. The summed E-state index contributed by atoms with van der Waals surface area (Å²) in [5.74, 6) is 1.54. The predicted octanol–water partition coefficient (Wildman–Crippen LogP) is 4.42. The minimum atomic E-state index is 0.495. The molecule has 4 heteroatoms. The Balaban J connectivity index is 2.01. The first-order chi connectivity index (χ1) is 11.1. The first-order valence-corrected chi connectivity index (χ1v) is 8.15. The molecular weight excluding hydrogens is 310 g/mol. The van der Waals surface area contributed by atoms with E-state index >= 15 is 0 Å². The normalized spacial score (nSPS) is 10.8. The van der Waals surface area contributed by atoms with Crippen LogP contribution in [0.1, 0.15) is 17.5 Å². The van der Waals surface area contributed by atoms with Crippen molar-refractivity contribution in [1.29, 1.82) is 0 Å².